The topological polar surface area (TPSA) is 139 Å². The molecule has 2 atom stereocenters. The number of hydrogen-bond donors (Lipinski definition) is 3. The molecule has 0 radical (unpaired) electrons. The van der Waals surface area contributed by atoms with Crippen molar-refractivity contribution in [2.24, 2.45) is 11.8 Å². The third kappa shape index (κ3) is 4.77. The van der Waals surface area contributed by atoms with Crippen molar-refractivity contribution in [2.75, 3.05) is 10.6 Å². The number of non-ortho nitro benzene ring substituents is 1. The zero-order valence-corrected chi connectivity index (χ0v) is 16.1. The number of nitrogens with zero attached hydrogens (tertiary/aromatic N) is 1. The van der Waals surface area contributed by atoms with Crippen molar-refractivity contribution in [3.63, 3.8) is 0 Å². The highest BCUT2D eigenvalue weighted by molar-refractivity contribution is 7.14. The first-order valence-corrected chi connectivity index (χ1v) is 9.91. The van der Waals surface area contributed by atoms with Crippen LogP contribution in [0.3, 0.4) is 0 Å². The molecule has 2 aromatic rings. The molecule has 1 aliphatic rings. The van der Waals surface area contributed by atoms with Crippen molar-refractivity contribution < 1.29 is 24.4 Å². The number of nitro benzene ring substituents is 1. The molecule has 9 nitrogen and oxygen atoms in total. The first-order chi connectivity index (χ1) is 13.9. The number of carbonyl (C=O) groups excluding carboxylic acids is 2. The van der Waals surface area contributed by atoms with Crippen molar-refractivity contribution in [1.82, 2.24) is 0 Å². The summed E-state index contributed by atoms with van der Waals surface area (Å²) in [7, 11) is 0. The third-order valence-electron chi connectivity index (χ3n) is 4.88. The van der Waals surface area contributed by atoms with Crippen LogP contribution in [0.5, 0.6) is 0 Å². The fourth-order valence-electron chi connectivity index (χ4n) is 3.43. The van der Waals surface area contributed by atoms with Gasteiger partial charge < -0.3 is 15.7 Å². The molecule has 0 unspecified atom stereocenters. The van der Waals surface area contributed by atoms with E-state index in [2.05, 4.69) is 10.6 Å². The van der Waals surface area contributed by atoms with E-state index in [1.807, 2.05) is 0 Å². The van der Waals surface area contributed by atoms with E-state index in [1.165, 1.54) is 30.3 Å². The Hall–Kier alpha value is -3.27. The molecule has 0 saturated heterocycles. The predicted octanol–water partition coefficient (Wildman–Crippen LogP) is 3.74. The smallest absolute Gasteiger partial charge is 0.307 e. The molecule has 0 bridgehead atoms. The highest BCUT2D eigenvalue weighted by atomic mass is 32.1. The summed E-state index contributed by atoms with van der Waals surface area (Å²) in [5, 5.41) is 27.4. The number of hydrogen-bond acceptors (Lipinski definition) is 6. The molecule has 3 N–H and O–H groups in total. The standard InChI is InChI=1S/C19H19N3O6S/c23-16(13-6-1-2-7-14(13)19(25)26)21-18-15(8-9-29-18)17(24)20-11-4-3-5-12(10-11)22(27)28/h3-5,8-10,13-14H,1-2,6-7H2,(H,20,24)(H,21,23)(H,25,26)/t13-,14+/m0/s1. The molecule has 1 saturated carbocycles. The minimum absolute atomic E-state index is 0.154. The average Bonchev–Trinajstić information content (AvgIpc) is 3.16. The number of nitrogens with one attached hydrogen (secondary N) is 2. The Morgan fingerprint density at radius 3 is 2.52 bits per heavy atom. The number of nitro groups is 1. The lowest BCUT2D eigenvalue weighted by Crippen LogP contribution is -2.36. The summed E-state index contributed by atoms with van der Waals surface area (Å²) in [4.78, 5) is 47.0. The van der Waals surface area contributed by atoms with Gasteiger partial charge in [0.1, 0.15) is 5.00 Å². The molecule has 1 aromatic carbocycles. The highest BCUT2D eigenvalue weighted by Crippen LogP contribution is 2.33. The van der Waals surface area contributed by atoms with Crippen LogP contribution in [0.15, 0.2) is 35.7 Å². The van der Waals surface area contributed by atoms with Crippen molar-refractivity contribution >= 4 is 45.5 Å². The number of aliphatic carboxylic acids is 1. The first kappa shape index (κ1) is 20.5. The van der Waals surface area contributed by atoms with E-state index in [4.69, 9.17) is 0 Å². The summed E-state index contributed by atoms with van der Waals surface area (Å²) in [6.07, 6.45) is 2.50. The Kier molecular flexibility index (Phi) is 6.23. The molecule has 2 amide bonds. The molecule has 1 aliphatic carbocycles. The third-order valence-corrected chi connectivity index (χ3v) is 5.71. The molecule has 1 aromatic heterocycles. The molecular formula is C19H19N3O6S. The van der Waals surface area contributed by atoms with Crippen LogP contribution in [0.2, 0.25) is 0 Å². The number of thiophene rings is 1. The second-order valence-electron chi connectivity index (χ2n) is 6.75. The molecule has 3 rings (SSSR count). The predicted molar refractivity (Wildman–Crippen MR) is 107 cm³/mol. The van der Waals surface area contributed by atoms with Gasteiger partial charge in [-0.25, -0.2) is 0 Å². The minimum Gasteiger partial charge on any atom is -0.481 e. The van der Waals surface area contributed by atoms with Gasteiger partial charge >= 0.3 is 5.97 Å². The average molecular weight is 417 g/mol. The number of anilines is 2. The van der Waals surface area contributed by atoms with Crippen molar-refractivity contribution in [1.29, 1.82) is 0 Å². The van der Waals surface area contributed by atoms with Gasteiger partial charge in [-0.2, -0.15) is 0 Å². The number of amides is 2. The second-order valence-corrected chi connectivity index (χ2v) is 7.67. The monoisotopic (exact) mass is 417 g/mol. The van der Waals surface area contributed by atoms with Gasteiger partial charge in [0.2, 0.25) is 5.91 Å². The maximum atomic E-state index is 12.7. The second kappa shape index (κ2) is 8.82. The Bertz CT molecular complexity index is 957. The van der Waals surface area contributed by atoms with Crippen LogP contribution in [0.25, 0.3) is 0 Å². The van der Waals surface area contributed by atoms with Gasteiger partial charge in [0, 0.05) is 17.8 Å². The van der Waals surface area contributed by atoms with Gasteiger partial charge in [-0.15, -0.1) is 11.3 Å². The van der Waals surface area contributed by atoms with Crippen LogP contribution < -0.4 is 10.6 Å². The maximum Gasteiger partial charge on any atom is 0.307 e. The normalized spacial score (nSPS) is 18.6. The summed E-state index contributed by atoms with van der Waals surface area (Å²) in [5.41, 5.74) is 0.307. The summed E-state index contributed by atoms with van der Waals surface area (Å²) in [6.45, 7) is 0. The molecule has 29 heavy (non-hydrogen) atoms. The SMILES string of the molecule is O=C(Nc1cccc([N+](=O)[O-])c1)c1ccsc1NC(=O)[C@H]1CCCC[C@H]1C(=O)O. The number of rotatable bonds is 6. The van der Waals surface area contributed by atoms with Crippen LogP contribution >= 0.6 is 11.3 Å². The Morgan fingerprint density at radius 2 is 1.83 bits per heavy atom. The van der Waals surface area contributed by atoms with E-state index < -0.39 is 34.5 Å². The summed E-state index contributed by atoms with van der Waals surface area (Å²) >= 11 is 1.15. The van der Waals surface area contributed by atoms with Gasteiger partial charge in [0.15, 0.2) is 0 Å². The molecule has 1 fully saturated rings. The Morgan fingerprint density at radius 1 is 1.10 bits per heavy atom. The minimum atomic E-state index is -0.986. The van der Waals surface area contributed by atoms with Crippen molar-refractivity contribution in [3.8, 4) is 0 Å². The van der Waals surface area contributed by atoms with Crippen LogP contribution in [-0.2, 0) is 9.59 Å². The van der Waals surface area contributed by atoms with E-state index >= 15 is 0 Å². The maximum absolute atomic E-state index is 12.7. The zero-order valence-electron chi connectivity index (χ0n) is 15.3. The Balaban J connectivity index is 1.72. The van der Waals surface area contributed by atoms with Crippen LogP contribution in [0.1, 0.15) is 36.0 Å². The number of carbonyl (C=O) groups is 3. The lowest BCUT2D eigenvalue weighted by atomic mass is 9.79. The van der Waals surface area contributed by atoms with Crippen LogP contribution in [-0.4, -0.2) is 27.8 Å². The molecule has 10 heteroatoms. The van der Waals surface area contributed by atoms with Gasteiger partial charge in [-0.1, -0.05) is 18.9 Å². The van der Waals surface area contributed by atoms with Crippen molar-refractivity contribution in [2.45, 2.75) is 25.7 Å². The van der Waals surface area contributed by atoms with Gasteiger partial charge in [-0.05, 0) is 30.4 Å². The fourth-order valence-corrected chi connectivity index (χ4v) is 4.21. The summed E-state index contributed by atoms with van der Waals surface area (Å²) < 4.78 is 0. The van der Waals surface area contributed by atoms with E-state index in [-0.39, 0.29) is 16.9 Å². The van der Waals surface area contributed by atoms with Gasteiger partial charge in [-0.3, -0.25) is 24.5 Å². The van der Waals surface area contributed by atoms with Crippen LogP contribution in [0.4, 0.5) is 16.4 Å². The van der Waals surface area contributed by atoms with Crippen LogP contribution in [0, 0.1) is 22.0 Å². The Labute approximate surface area is 169 Å². The lowest BCUT2D eigenvalue weighted by molar-refractivity contribution is -0.384. The van der Waals surface area contributed by atoms with E-state index in [1.54, 1.807) is 5.38 Å². The van der Waals surface area contributed by atoms with E-state index in [0.717, 1.165) is 24.2 Å². The summed E-state index contributed by atoms with van der Waals surface area (Å²) in [6, 6.07) is 7.06. The number of benzene rings is 1. The molecule has 1 heterocycles. The van der Waals surface area contributed by atoms with Gasteiger partial charge in [0.05, 0.1) is 22.3 Å². The zero-order chi connectivity index (χ0) is 21.0. The number of carboxylic acid groups (broad SMARTS) is 1. The molecular weight excluding hydrogens is 398 g/mol. The number of carboxylic acids is 1. The quantitative estimate of drug-likeness (QED) is 0.483. The van der Waals surface area contributed by atoms with E-state index in [0.29, 0.717) is 17.8 Å². The van der Waals surface area contributed by atoms with E-state index in [9.17, 15) is 29.6 Å². The summed E-state index contributed by atoms with van der Waals surface area (Å²) in [5.74, 6) is -3.30. The first-order valence-electron chi connectivity index (χ1n) is 9.04. The largest absolute Gasteiger partial charge is 0.481 e. The molecule has 152 valence electrons. The van der Waals surface area contributed by atoms with Crippen molar-refractivity contribution in [3.05, 3.63) is 51.4 Å². The fraction of sp³-hybridized carbons (Fsp3) is 0.316. The highest BCUT2D eigenvalue weighted by Gasteiger charge is 2.36. The molecule has 0 aliphatic heterocycles. The van der Waals surface area contributed by atoms with Gasteiger partial charge in [0.25, 0.3) is 11.6 Å². The molecule has 0 spiro atoms. The lowest BCUT2D eigenvalue weighted by Gasteiger charge is -2.27.